The Balaban J connectivity index is 2.16. The summed E-state index contributed by atoms with van der Waals surface area (Å²) in [6.45, 7) is 3.10. The second kappa shape index (κ2) is 10.6. The quantitative estimate of drug-likeness (QED) is 0.304. The van der Waals surface area contributed by atoms with Crippen LogP contribution in [0.25, 0.3) is 0 Å². The third-order valence-corrected chi connectivity index (χ3v) is 4.17. The average Bonchev–Trinajstić information content (AvgIpc) is 2.47. The van der Waals surface area contributed by atoms with Crippen LogP contribution >= 0.6 is 15.9 Å². The van der Waals surface area contributed by atoms with Gasteiger partial charge >= 0.3 is 0 Å². The molecule has 118 valence electrons. The van der Waals surface area contributed by atoms with E-state index in [1.807, 2.05) is 6.07 Å². The van der Waals surface area contributed by atoms with E-state index < -0.39 is 0 Å². The molecule has 0 fully saturated rings. The van der Waals surface area contributed by atoms with Crippen molar-refractivity contribution in [2.45, 2.75) is 58.3 Å². The lowest BCUT2D eigenvalue weighted by Crippen LogP contribution is -2.02. The van der Waals surface area contributed by atoms with Gasteiger partial charge in [0.15, 0.2) is 0 Å². The van der Waals surface area contributed by atoms with Gasteiger partial charge in [0.2, 0.25) is 0 Å². The van der Waals surface area contributed by atoms with Crippen LogP contribution in [0.3, 0.4) is 0 Å². The Morgan fingerprint density at radius 3 is 2.33 bits per heavy atom. The molecule has 1 aromatic rings. The first-order valence-electron chi connectivity index (χ1n) is 7.83. The van der Waals surface area contributed by atoms with Gasteiger partial charge in [0, 0.05) is 18.3 Å². The third kappa shape index (κ3) is 7.46. The molecule has 0 bridgehead atoms. The number of benzene rings is 1. The zero-order chi connectivity index (χ0) is 15.5. The normalized spacial score (nSPS) is 10.6. The lowest BCUT2D eigenvalue weighted by atomic mass is 10.1. The highest BCUT2D eigenvalue weighted by Gasteiger charge is 2.11. The van der Waals surface area contributed by atoms with Gasteiger partial charge in [0.25, 0.3) is 5.69 Å². The Hall–Kier alpha value is -1.10. The summed E-state index contributed by atoms with van der Waals surface area (Å²) in [4.78, 5) is 10.5. The maximum atomic E-state index is 10.8. The van der Waals surface area contributed by atoms with Crippen LogP contribution in [-0.2, 0) is 0 Å². The molecule has 0 spiro atoms. The number of anilines is 1. The molecule has 0 heterocycles. The monoisotopic (exact) mass is 356 g/mol. The molecule has 0 unspecified atom stereocenters. The molecule has 0 saturated carbocycles. The SMILES string of the molecule is CCCCCCCCCCNc1ccc(Br)c([N+](=O)[O-])c1. The first-order chi connectivity index (χ1) is 10.1. The van der Waals surface area contributed by atoms with Gasteiger partial charge in [0.1, 0.15) is 0 Å². The minimum atomic E-state index is -0.369. The van der Waals surface area contributed by atoms with Gasteiger partial charge in [-0.25, -0.2) is 0 Å². The van der Waals surface area contributed by atoms with E-state index in [1.165, 1.54) is 44.9 Å². The van der Waals surface area contributed by atoms with E-state index in [0.29, 0.717) is 4.47 Å². The lowest BCUT2D eigenvalue weighted by molar-refractivity contribution is -0.385. The summed E-state index contributed by atoms with van der Waals surface area (Å²) in [5.41, 5.74) is 0.920. The molecule has 0 atom stereocenters. The summed E-state index contributed by atoms with van der Waals surface area (Å²) in [7, 11) is 0. The number of nitro benzene ring substituents is 1. The maximum absolute atomic E-state index is 10.8. The molecule has 0 aliphatic carbocycles. The van der Waals surface area contributed by atoms with Crippen LogP contribution in [0.4, 0.5) is 11.4 Å². The maximum Gasteiger partial charge on any atom is 0.285 e. The van der Waals surface area contributed by atoms with Crippen LogP contribution in [0.5, 0.6) is 0 Å². The minimum Gasteiger partial charge on any atom is -0.385 e. The van der Waals surface area contributed by atoms with E-state index in [1.54, 1.807) is 12.1 Å². The van der Waals surface area contributed by atoms with Crippen molar-refractivity contribution in [3.8, 4) is 0 Å². The van der Waals surface area contributed by atoms with Crippen LogP contribution in [0.15, 0.2) is 22.7 Å². The molecule has 1 rings (SSSR count). The van der Waals surface area contributed by atoms with E-state index in [4.69, 9.17) is 0 Å². The van der Waals surface area contributed by atoms with Crippen LogP contribution in [-0.4, -0.2) is 11.5 Å². The van der Waals surface area contributed by atoms with Gasteiger partial charge in [-0.1, -0.05) is 51.9 Å². The van der Waals surface area contributed by atoms with Crippen LogP contribution < -0.4 is 5.32 Å². The molecule has 0 radical (unpaired) electrons. The summed E-state index contributed by atoms with van der Waals surface area (Å²) in [6, 6.07) is 5.16. The summed E-state index contributed by atoms with van der Waals surface area (Å²) >= 11 is 3.19. The van der Waals surface area contributed by atoms with Crippen molar-refractivity contribution in [3.63, 3.8) is 0 Å². The average molecular weight is 357 g/mol. The van der Waals surface area contributed by atoms with Gasteiger partial charge in [0.05, 0.1) is 9.40 Å². The Morgan fingerprint density at radius 1 is 1.10 bits per heavy atom. The summed E-state index contributed by atoms with van der Waals surface area (Å²) < 4.78 is 0.519. The Kier molecular flexibility index (Phi) is 9.06. The summed E-state index contributed by atoms with van der Waals surface area (Å²) in [6.07, 6.45) is 10.3. The third-order valence-electron chi connectivity index (χ3n) is 3.50. The zero-order valence-corrected chi connectivity index (χ0v) is 14.3. The van der Waals surface area contributed by atoms with Gasteiger partial charge in [-0.05, 0) is 34.5 Å². The van der Waals surface area contributed by atoms with Crippen molar-refractivity contribution < 1.29 is 4.92 Å². The number of unbranched alkanes of at least 4 members (excludes halogenated alkanes) is 7. The van der Waals surface area contributed by atoms with E-state index >= 15 is 0 Å². The smallest absolute Gasteiger partial charge is 0.285 e. The topological polar surface area (TPSA) is 55.2 Å². The first kappa shape index (κ1) is 18.0. The second-order valence-electron chi connectivity index (χ2n) is 5.32. The largest absolute Gasteiger partial charge is 0.385 e. The highest BCUT2D eigenvalue weighted by atomic mass is 79.9. The van der Waals surface area contributed by atoms with E-state index in [0.717, 1.165) is 18.7 Å². The summed E-state index contributed by atoms with van der Waals surface area (Å²) in [5.74, 6) is 0. The van der Waals surface area contributed by atoms with Crippen LogP contribution in [0.1, 0.15) is 58.3 Å². The number of nitrogens with one attached hydrogen (secondary N) is 1. The first-order valence-corrected chi connectivity index (χ1v) is 8.62. The molecule has 0 amide bonds. The van der Waals surface area contributed by atoms with E-state index in [2.05, 4.69) is 28.2 Å². The zero-order valence-electron chi connectivity index (χ0n) is 12.7. The highest BCUT2D eigenvalue weighted by Crippen LogP contribution is 2.27. The van der Waals surface area contributed by atoms with Crippen molar-refractivity contribution in [2.24, 2.45) is 0 Å². The number of rotatable bonds is 11. The predicted molar refractivity (Wildman–Crippen MR) is 91.9 cm³/mol. The van der Waals surface area contributed by atoms with Crippen molar-refractivity contribution in [1.29, 1.82) is 0 Å². The number of nitrogens with zero attached hydrogens (tertiary/aromatic N) is 1. The summed E-state index contributed by atoms with van der Waals surface area (Å²) in [5, 5.41) is 14.1. The minimum absolute atomic E-state index is 0.107. The van der Waals surface area contributed by atoms with E-state index in [9.17, 15) is 10.1 Å². The molecular formula is C16H25BrN2O2. The number of hydrogen-bond acceptors (Lipinski definition) is 3. The van der Waals surface area contributed by atoms with Gasteiger partial charge in [-0.3, -0.25) is 10.1 Å². The van der Waals surface area contributed by atoms with Gasteiger partial charge < -0.3 is 5.32 Å². The molecule has 0 aromatic heterocycles. The molecular weight excluding hydrogens is 332 g/mol. The Morgan fingerprint density at radius 2 is 1.71 bits per heavy atom. The molecule has 0 saturated heterocycles. The van der Waals surface area contributed by atoms with Crippen molar-refractivity contribution in [3.05, 3.63) is 32.8 Å². The molecule has 1 aromatic carbocycles. The molecule has 0 aliphatic rings. The second-order valence-corrected chi connectivity index (χ2v) is 6.18. The molecule has 21 heavy (non-hydrogen) atoms. The Bertz CT molecular complexity index is 438. The number of halogens is 1. The molecule has 5 heteroatoms. The Labute approximate surface area is 135 Å². The highest BCUT2D eigenvalue weighted by molar-refractivity contribution is 9.10. The van der Waals surface area contributed by atoms with Crippen molar-refractivity contribution in [2.75, 3.05) is 11.9 Å². The molecule has 0 aliphatic heterocycles. The van der Waals surface area contributed by atoms with E-state index in [-0.39, 0.29) is 10.6 Å². The predicted octanol–water partition coefficient (Wildman–Crippen LogP) is 5.91. The lowest BCUT2D eigenvalue weighted by Gasteiger charge is -2.07. The fraction of sp³-hybridized carbons (Fsp3) is 0.625. The van der Waals surface area contributed by atoms with Crippen molar-refractivity contribution >= 4 is 27.3 Å². The number of hydrogen-bond donors (Lipinski definition) is 1. The number of nitro groups is 1. The van der Waals surface area contributed by atoms with Crippen LogP contribution in [0, 0.1) is 10.1 Å². The molecule has 4 nitrogen and oxygen atoms in total. The fourth-order valence-corrected chi connectivity index (χ4v) is 2.65. The standard InChI is InChI=1S/C16H25BrN2O2/c1-2-3-4-5-6-7-8-9-12-18-14-10-11-15(17)16(13-14)19(20)21/h10-11,13,18H,2-9,12H2,1H3. The fourth-order valence-electron chi connectivity index (χ4n) is 2.25. The van der Waals surface area contributed by atoms with Gasteiger partial charge in [-0.15, -0.1) is 0 Å². The van der Waals surface area contributed by atoms with Crippen molar-refractivity contribution in [1.82, 2.24) is 0 Å². The van der Waals surface area contributed by atoms with Gasteiger partial charge in [-0.2, -0.15) is 0 Å². The molecule has 1 N–H and O–H groups in total. The van der Waals surface area contributed by atoms with Crippen LogP contribution in [0.2, 0.25) is 0 Å².